The van der Waals surface area contributed by atoms with E-state index >= 15 is 0 Å². The summed E-state index contributed by atoms with van der Waals surface area (Å²) < 4.78 is 4.78. The smallest absolute Gasteiger partial charge is 0.306 e. The highest BCUT2D eigenvalue weighted by Gasteiger charge is 2.47. The van der Waals surface area contributed by atoms with Crippen LogP contribution in [0.25, 0.3) is 11.1 Å². The van der Waals surface area contributed by atoms with Gasteiger partial charge in [-0.2, -0.15) is 0 Å². The normalized spacial score (nSPS) is 19.6. The van der Waals surface area contributed by atoms with Crippen LogP contribution in [0, 0.1) is 0 Å². The van der Waals surface area contributed by atoms with E-state index in [-0.39, 0.29) is 18.3 Å². The van der Waals surface area contributed by atoms with Gasteiger partial charge in [0.1, 0.15) is 0 Å². The Morgan fingerprint density at radius 3 is 2.48 bits per heavy atom. The molecule has 0 spiro atoms. The van der Waals surface area contributed by atoms with Gasteiger partial charge in [-0.05, 0) is 35.7 Å². The van der Waals surface area contributed by atoms with Crippen LogP contribution in [-0.2, 0) is 19.7 Å². The van der Waals surface area contributed by atoms with E-state index in [9.17, 15) is 9.59 Å². The predicted molar refractivity (Wildman–Crippen MR) is 89.3 cm³/mol. The molecule has 23 heavy (non-hydrogen) atoms. The van der Waals surface area contributed by atoms with Gasteiger partial charge >= 0.3 is 5.97 Å². The Labute approximate surface area is 135 Å². The molecular formula is C19H19NO3. The Bertz CT molecular complexity index is 769. The van der Waals surface area contributed by atoms with Crippen molar-refractivity contribution in [3.63, 3.8) is 0 Å². The predicted octanol–water partition coefficient (Wildman–Crippen LogP) is 3.15. The number of anilines is 1. The van der Waals surface area contributed by atoms with Crippen molar-refractivity contribution in [2.45, 2.75) is 18.8 Å². The molecule has 0 radical (unpaired) electrons. The van der Waals surface area contributed by atoms with E-state index in [0.29, 0.717) is 0 Å². The number of carbonyl (C=O) groups is 2. The van der Waals surface area contributed by atoms with E-state index in [2.05, 4.69) is 0 Å². The van der Waals surface area contributed by atoms with Crippen molar-refractivity contribution in [2.24, 2.45) is 0 Å². The molecule has 0 aromatic heterocycles. The standard InChI is InChI=1S/C19H19NO3/c1-19(12-17(21)23-3)15-11-14(13-7-5-4-6-8-13)9-10-16(15)20(2)18(19)22/h4-11H,12H2,1-3H3. The highest BCUT2D eigenvalue weighted by molar-refractivity contribution is 6.09. The first-order valence-corrected chi connectivity index (χ1v) is 7.52. The van der Waals surface area contributed by atoms with Crippen molar-refractivity contribution in [1.29, 1.82) is 0 Å². The van der Waals surface area contributed by atoms with Crippen molar-refractivity contribution < 1.29 is 14.3 Å². The molecule has 2 aromatic carbocycles. The summed E-state index contributed by atoms with van der Waals surface area (Å²) in [6.07, 6.45) is 0.0396. The van der Waals surface area contributed by atoms with Crippen molar-refractivity contribution in [3.8, 4) is 11.1 Å². The average molecular weight is 309 g/mol. The molecule has 0 saturated heterocycles. The molecule has 118 valence electrons. The third-order valence-electron chi connectivity index (χ3n) is 4.56. The maximum atomic E-state index is 12.7. The molecule has 4 nitrogen and oxygen atoms in total. The molecule has 3 rings (SSSR count). The van der Waals surface area contributed by atoms with Crippen LogP contribution >= 0.6 is 0 Å². The lowest BCUT2D eigenvalue weighted by molar-refractivity contribution is -0.144. The van der Waals surface area contributed by atoms with Gasteiger partial charge in [-0.1, -0.05) is 36.4 Å². The highest BCUT2D eigenvalue weighted by Crippen LogP contribution is 2.44. The minimum absolute atomic E-state index is 0.0396. The fourth-order valence-electron chi connectivity index (χ4n) is 3.21. The molecule has 0 bridgehead atoms. The number of carbonyl (C=O) groups excluding carboxylic acids is 2. The second kappa shape index (κ2) is 5.54. The van der Waals surface area contributed by atoms with Crippen LogP contribution in [0.15, 0.2) is 48.5 Å². The highest BCUT2D eigenvalue weighted by atomic mass is 16.5. The Morgan fingerprint density at radius 1 is 1.13 bits per heavy atom. The molecule has 1 heterocycles. The summed E-state index contributed by atoms with van der Waals surface area (Å²) in [7, 11) is 3.09. The first-order valence-electron chi connectivity index (χ1n) is 7.52. The Hall–Kier alpha value is -2.62. The lowest BCUT2D eigenvalue weighted by Crippen LogP contribution is -2.38. The minimum Gasteiger partial charge on any atom is -0.469 e. The Balaban J connectivity index is 2.11. The second-order valence-electron chi connectivity index (χ2n) is 6.05. The first-order chi connectivity index (χ1) is 11.0. The molecular weight excluding hydrogens is 290 g/mol. The summed E-state index contributed by atoms with van der Waals surface area (Å²) >= 11 is 0. The number of esters is 1. The largest absolute Gasteiger partial charge is 0.469 e. The summed E-state index contributed by atoms with van der Waals surface area (Å²) in [6.45, 7) is 1.81. The van der Waals surface area contributed by atoms with Gasteiger partial charge < -0.3 is 9.64 Å². The molecule has 1 amide bonds. The lowest BCUT2D eigenvalue weighted by Gasteiger charge is -2.22. The fourth-order valence-corrected chi connectivity index (χ4v) is 3.21. The van der Waals surface area contributed by atoms with E-state index in [1.807, 2.05) is 55.5 Å². The van der Waals surface area contributed by atoms with Crippen molar-refractivity contribution in [1.82, 2.24) is 0 Å². The number of rotatable bonds is 3. The van der Waals surface area contributed by atoms with Crippen LogP contribution in [0.1, 0.15) is 18.9 Å². The molecule has 0 aliphatic carbocycles. The van der Waals surface area contributed by atoms with Crippen LogP contribution in [0.4, 0.5) is 5.69 Å². The summed E-state index contributed by atoms with van der Waals surface area (Å²) in [5.74, 6) is -0.463. The van der Waals surface area contributed by atoms with E-state index in [4.69, 9.17) is 4.74 Å². The third kappa shape index (κ3) is 2.40. The maximum Gasteiger partial charge on any atom is 0.306 e. The number of hydrogen-bond acceptors (Lipinski definition) is 3. The Kier molecular flexibility index (Phi) is 3.68. The number of nitrogens with zero attached hydrogens (tertiary/aromatic N) is 1. The van der Waals surface area contributed by atoms with E-state index in [0.717, 1.165) is 22.4 Å². The van der Waals surface area contributed by atoms with Crippen LogP contribution < -0.4 is 4.90 Å². The molecule has 1 atom stereocenters. The van der Waals surface area contributed by atoms with Crippen LogP contribution in [0.5, 0.6) is 0 Å². The van der Waals surface area contributed by atoms with Gasteiger partial charge in [-0.3, -0.25) is 9.59 Å². The first kappa shape index (κ1) is 15.3. The monoisotopic (exact) mass is 309 g/mol. The molecule has 0 N–H and O–H groups in total. The maximum absolute atomic E-state index is 12.7. The van der Waals surface area contributed by atoms with Gasteiger partial charge in [0.25, 0.3) is 0 Å². The van der Waals surface area contributed by atoms with Crippen molar-refractivity contribution >= 4 is 17.6 Å². The molecule has 1 aliphatic rings. The molecule has 1 unspecified atom stereocenters. The van der Waals surface area contributed by atoms with E-state index in [1.54, 1.807) is 11.9 Å². The number of ether oxygens (including phenoxy) is 1. The zero-order chi connectivity index (χ0) is 16.6. The fraction of sp³-hybridized carbons (Fsp3) is 0.263. The molecule has 4 heteroatoms. The van der Waals surface area contributed by atoms with Crippen LogP contribution in [-0.4, -0.2) is 26.0 Å². The van der Waals surface area contributed by atoms with Gasteiger partial charge in [0.2, 0.25) is 5.91 Å². The van der Waals surface area contributed by atoms with Crippen LogP contribution in [0.3, 0.4) is 0 Å². The van der Waals surface area contributed by atoms with Gasteiger partial charge in [0, 0.05) is 12.7 Å². The topological polar surface area (TPSA) is 46.6 Å². The van der Waals surface area contributed by atoms with Gasteiger partial charge in [-0.15, -0.1) is 0 Å². The molecule has 0 fully saturated rings. The minimum atomic E-state index is -0.887. The summed E-state index contributed by atoms with van der Waals surface area (Å²) in [5, 5.41) is 0. The quantitative estimate of drug-likeness (QED) is 0.818. The van der Waals surface area contributed by atoms with E-state index < -0.39 is 5.41 Å². The summed E-state index contributed by atoms with van der Waals surface area (Å²) in [6, 6.07) is 15.9. The zero-order valence-corrected chi connectivity index (χ0v) is 13.5. The zero-order valence-electron chi connectivity index (χ0n) is 13.5. The summed E-state index contributed by atoms with van der Waals surface area (Å²) in [4.78, 5) is 26.1. The van der Waals surface area contributed by atoms with Crippen molar-refractivity contribution in [3.05, 3.63) is 54.1 Å². The summed E-state index contributed by atoms with van der Waals surface area (Å²) in [5.41, 5.74) is 2.95. The molecule has 1 aliphatic heterocycles. The number of hydrogen-bond donors (Lipinski definition) is 0. The van der Waals surface area contributed by atoms with Gasteiger partial charge in [0.05, 0.1) is 18.9 Å². The van der Waals surface area contributed by atoms with Gasteiger partial charge in [0.15, 0.2) is 0 Å². The Morgan fingerprint density at radius 2 is 1.83 bits per heavy atom. The number of fused-ring (bicyclic) bond motifs is 1. The number of benzene rings is 2. The second-order valence-corrected chi connectivity index (χ2v) is 6.05. The van der Waals surface area contributed by atoms with Crippen LogP contribution in [0.2, 0.25) is 0 Å². The lowest BCUT2D eigenvalue weighted by atomic mass is 9.79. The van der Waals surface area contributed by atoms with Gasteiger partial charge in [-0.25, -0.2) is 0 Å². The molecule has 0 saturated carbocycles. The van der Waals surface area contributed by atoms with E-state index in [1.165, 1.54) is 7.11 Å². The SMILES string of the molecule is COC(=O)CC1(C)C(=O)N(C)c2ccc(-c3ccccc3)cc21. The molecule has 2 aromatic rings. The number of methoxy groups -OCH3 is 1. The van der Waals surface area contributed by atoms with Crippen molar-refractivity contribution in [2.75, 3.05) is 19.1 Å². The number of likely N-dealkylation sites (N-methyl/N-ethyl adjacent to an activating group) is 1. The third-order valence-corrected chi connectivity index (χ3v) is 4.56. The average Bonchev–Trinajstić information content (AvgIpc) is 2.77. The number of amides is 1.